The molecule has 1 N–H and O–H groups in total. The van der Waals surface area contributed by atoms with Gasteiger partial charge in [-0.25, -0.2) is 4.39 Å². The SMILES string of the molecule is Cc1cccc(CNc2cc(F)cc(C#N)c2)n1. The molecule has 0 spiro atoms. The molecule has 4 heteroatoms. The summed E-state index contributed by atoms with van der Waals surface area (Å²) in [4.78, 5) is 4.33. The van der Waals surface area contributed by atoms with Gasteiger partial charge in [0.05, 0.1) is 23.9 Å². The average Bonchev–Trinajstić information content (AvgIpc) is 2.36. The molecule has 0 atom stereocenters. The van der Waals surface area contributed by atoms with E-state index in [-0.39, 0.29) is 0 Å². The van der Waals surface area contributed by atoms with E-state index < -0.39 is 5.82 Å². The molecule has 1 aromatic heterocycles. The van der Waals surface area contributed by atoms with Crippen LogP contribution in [0.1, 0.15) is 17.0 Å². The molecule has 0 aliphatic rings. The van der Waals surface area contributed by atoms with Crippen LogP contribution in [0.3, 0.4) is 0 Å². The number of nitrogens with zero attached hydrogens (tertiary/aromatic N) is 2. The molecule has 2 aromatic rings. The van der Waals surface area contributed by atoms with Crippen molar-refractivity contribution in [3.8, 4) is 6.07 Å². The summed E-state index contributed by atoms with van der Waals surface area (Å²) in [6.07, 6.45) is 0. The number of halogens is 1. The predicted octanol–water partition coefficient (Wildman–Crippen LogP) is 3.01. The van der Waals surface area contributed by atoms with E-state index >= 15 is 0 Å². The van der Waals surface area contributed by atoms with Gasteiger partial charge in [0.15, 0.2) is 0 Å². The number of nitrogens with one attached hydrogen (secondary N) is 1. The van der Waals surface area contributed by atoms with E-state index in [1.165, 1.54) is 12.1 Å². The first-order valence-corrected chi connectivity index (χ1v) is 5.54. The van der Waals surface area contributed by atoms with Gasteiger partial charge < -0.3 is 5.32 Å². The van der Waals surface area contributed by atoms with Crippen molar-refractivity contribution in [3.05, 3.63) is 59.2 Å². The molecule has 0 aliphatic carbocycles. The maximum absolute atomic E-state index is 13.2. The minimum atomic E-state index is -0.422. The Bertz CT molecular complexity index is 602. The maximum atomic E-state index is 13.2. The van der Waals surface area contributed by atoms with Gasteiger partial charge >= 0.3 is 0 Å². The Morgan fingerprint density at radius 2 is 2.17 bits per heavy atom. The summed E-state index contributed by atoms with van der Waals surface area (Å²) in [5, 5.41) is 11.8. The molecule has 0 amide bonds. The molecule has 1 aromatic carbocycles. The van der Waals surface area contributed by atoms with E-state index in [4.69, 9.17) is 5.26 Å². The van der Waals surface area contributed by atoms with Gasteiger partial charge in [0.1, 0.15) is 5.82 Å². The molecule has 2 rings (SSSR count). The standard InChI is InChI=1S/C14H12FN3/c1-10-3-2-4-13(18-10)9-17-14-6-11(8-16)5-12(15)7-14/h2-7,17H,9H2,1H3. The normalized spacial score (nSPS) is 9.83. The van der Waals surface area contributed by atoms with Gasteiger partial charge in [0.2, 0.25) is 0 Å². The molecule has 0 saturated carbocycles. The number of benzene rings is 1. The lowest BCUT2D eigenvalue weighted by atomic mass is 10.2. The monoisotopic (exact) mass is 241 g/mol. The Hall–Kier alpha value is -2.41. The van der Waals surface area contributed by atoms with Crippen molar-refractivity contribution in [2.24, 2.45) is 0 Å². The van der Waals surface area contributed by atoms with Gasteiger partial charge in [-0.15, -0.1) is 0 Å². The average molecular weight is 241 g/mol. The van der Waals surface area contributed by atoms with Gasteiger partial charge in [-0.2, -0.15) is 5.26 Å². The minimum absolute atomic E-state index is 0.301. The van der Waals surface area contributed by atoms with Crippen LogP contribution in [0.4, 0.5) is 10.1 Å². The predicted molar refractivity (Wildman–Crippen MR) is 67.4 cm³/mol. The Labute approximate surface area is 105 Å². The molecule has 18 heavy (non-hydrogen) atoms. The third-order valence-corrected chi connectivity index (χ3v) is 2.45. The number of pyridine rings is 1. The maximum Gasteiger partial charge on any atom is 0.126 e. The van der Waals surface area contributed by atoms with Crippen LogP contribution in [0.5, 0.6) is 0 Å². The van der Waals surface area contributed by atoms with E-state index in [1.807, 2.05) is 31.2 Å². The molecular weight excluding hydrogens is 229 g/mol. The second-order valence-corrected chi connectivity index (χ2v) is 3.96. The lowest BCUT2D eigenvalue weighted by Gasteiger charge is -2.07. The molecule has 0 saturated heterocycles. The zero-order valence-corrected chi connectivity index (χ0v) is 9.94. The highest BCUT2D eigenvalue weighted by Gasteiger charge is 2.01. The Morgan fingerprint density at radius 3 is 2.89 bits per heavy atom. The molecule has 0 fully saturated rings. The minimum Gasteiger partial charge on any atom is -0.379 e. The van der Waals surface area contributed by atoms with Crippen molar-refractivity contribution in [2.75, 3.05) is 5.32 Å². The summed E-state index contributed by atoms with van der Waals surface area (Å²) in [5.41, 5.74) is 2.69. The molecule has 0 unspecified atom stereocenters. The fourth-order valence-corrected chi connectivity index (χ4v) is 1.65. The van der Waals surface area contributed by atoms with E-state index in [0.29, 0.717) is 17.8 Å². The van der Waals surface area contributed by atoms with Gasteiger partial charge in [0, 0.05) is 11.4 Å². The summed E-state index contributed by atoms with van der Waals surface area (Å²) < 4.78 is 13.2. The van der Waals surface area contributed by atoms with Crippen molar-refractivity contribution in [1.29, 1.82) is 5.26 Å². The second kappa shape index (κ2) is 5.28. The van der Waals surface area contributed by atoms with Crippen molar-refractivity contribution in [3.63, 3.8) is 0 Å². The smallest absolute Gasteiger partial charge is 0.126 e. The first kappa shape index (κ1) is 12.1. The van der Waals surface area contributed by atoms with E-state index in [2.05, 4.69) is 10.3 Å². The zero-order chi connectivity index (χ0) is 13.0. The van der Waals surface area contributed by atoms with Crippen molar-refractivity contribution >= 4 is 5.69 Å². The first-order chi connectivity index (χ1) is 8.67. The number of aryl methyl sites for hydroxylation is 1. The summed E-state index contributed by atoms with van der Waals surface area (Å²) in [6.45, 7) is 2.41. The van der Waals surface area contributed by atoms with E-state index in [0.717, 1.165) is 11.4 Å². The Balaban J connectivity index is 2.11. The molecular formula is C14H12FN3. The second-order valence-electron chi connectivity index (χ2n) is 3.96. The van der Waals surface area contributed by atoms with Gasteiger partial charge in [-0.3, -0.25) is 4.98 Å². The first-order valence-electron chi connectivity index (χ1n) is 5.54. The Morgan fingerprint density at radius 1 is 1.33 bits per heavy atom. The van der Waals surface area contributed by atoms with Crippen LogP contribution in [-0.4, -0.2) is 4.98 Å². The highest BCUT2D eigenvalue weighted by Crippen LogP contribution is 2.14. The van der Waals surface area contributed by atoms with Gasteiger partial charge in [-0.05, 0) is 37.3 Å². The fourth-order valence-electron chi connectivity index (χ4n) is 1.65. The number of nitriles is 1. The zero-order valence-electron chi connectivity index (χ0n) is 9.94. The quantitative estimate of drug-likeness (QED) is 0.898. The van der Waals surface area contributed by atoms with Crippen LogP contribution in [0.2, 0.25) is 0 Å². The Kier molecular flexibility index (Phi) is 3.54. The van der Waals surface area contributed by atoms with Crippen molar-refractivity contribution in [2.45, 2.75) is 13.5 Å². The molecule has 90 valence electrons. The highest BCUT2D eigenvalue weighted by atomic mass is 19.1. The molecule has 0 radical (unpaired) electrons. The van der Waals surface area contributed by atoms with Crippen LogP contribution in [0, 0.1) is 24.1 Å². The van der Waals surface area contributed by atoms with Gasteiger partial charge in [-0.1, -0.05) is 6.07 Å². The van der Waals surface area contributed by atoms with Crippen LogP contribution in [0.25, 0.3) is 0 Å². The summed E-state index contributed by atoms with van der Waals surface area (Å²) >= 11 is 0. The summed E-state index contributed by atoms with van der Waals surface area (Å²) in [7, 11) is 0. The highest BCUT2D eigenvalue weighted by molar-refractivity contribution is 5.49. The third-order valence-electron chi connectivity index (χ3n) is 2.45. The fraction of sp³-hybridized carbons (Fsp3) is 0.143. The lowest BCUT2D eigenvalue weighted by Crippen LogP contribution is -2.02. The lowest BCUT2D eigenvalue weighted by molar-refractivity contribution is 0.627. The summed E-state index contributed by atoms with van der Waals surface area (Å²) in [5.74, 6) is -0.422. The molecule has 0 bridgehead atoms. The number of rotatable bonds is 3. The topological polar surface area (TPSA) is 48.7 Å². The number of hydrogen-bond donors (Lipinski definition) is 1. The number of aromatic nitrogens is 1. The number of hydrogen-bond acceptors (Lipinski definition) is 3. The molecule has 1 heterocycles. The van der Waals surface area contributed by atoms with Crippen molar-refractivity contribution in [1.82, 2.24) is 4.98 Å². The van der Waals surface area contributed by atoms with E-state index in [1.54, 1.807) is 6.07 Å². The van der Waals surface area contributed by atoms with Crippen LogP contribution in [0.15, 0.2) is 36.4 Å². The molecule has 0 aliphatic heterocycles. The number of anilines is 1. The largest absolute Gasteiger partial charge is 0.379 e. The van der Waals surface area contributed by atoms with Gasteiger partial charge in [0.25, 0.3) is 0 Å². The van der Waals surface area contributed by atoms with Crippen LogP contribution < -0.4 is 5.32 Å². The summed E-state index contributed by atoms with van der Waals surface area (Å²) in [6, 6.07) is 11.8. The van der Waals surface area contributed by atoms with E-state index in [9.17, 15) is 4.39 Å². The van der Waals surface area contributed by atoms with Crippen LogP contribution in [-0.2, 0) is 6.54 Å². The van der Waals surface area contributed by atoms with Crippen molar-refractivity contribution < 1.29 is 4.39 Å². The van der Waals surface area contributed by atoms with Crippen LogP contribution >= 0.6 is 0 Å². The molecule has 3 nitrogen and oxygen atoms in total. The third kappa shape index (κ3) is 3.05.